The quantitative estimate of drug-likeness (QED) is 0.495. The molecule has 25 heavy (non-hydrogen) atoms. The first kappa shape index (κ1) is 18.0. The van der Waals surface area contributed by atoms with Crippen molar-refractivity contribution in [1.82, 2.24) is 10.2 Å². The number of nitrogens with one attached hydrogen (secondary N) is 2. The van der Waals surface area contributed by atoms with Crippen LogP contribution in [0.15, 0.2) is 12.1 Å². The van der Waals surface area contributed by atoms with Gasteiger partial charge in [-0.2, -0.15) is 0 Å². The molecule has 0 unspecified atom stereocenters. The molecule has 1 fully saturated rings. The number of fused-ring (bicyclic) bond motifs is 1. The Hall–Kier alpha value is -1.79. The first-order valence-electron chi connectivity index (χ1n) is 9.30. The molecule has 1 heterocycles. The van der Waals surface area contributed by atoms with E-state index in [0.29, 0.717) is 11.4 Å². The van der Waals surface area contributed by atoms with Gasteiger partial charge in [0.2, 0.25) is 0 Å². The van der Waals surface area contributed by atoms with E-state index in [0.717, 1.165) is 37.5 Å². The van der Waals surface area contributed by atoms with E-state index in [4.69, 9.17) is 4.74 Å². The molecule has 0 aromatic heterocycles. The predicted molar refractivity (Wildman–Crippen MR) is 98.3 cm³/mol. The summed E-state index contributed by atoms with van der Waals surface area (Å²) in [6.45, 7) is 4.06. The van der Waals surface area contributed by atoms with Crippen LogP contribution in [0.3, 0.4) is 0 Å². The molecule has 1 saturated carbocycles. The fraction of sp³-hybridized carbons (Fsp3) is 0.632. The van der Waals surface area contributed by atoms with Gasteiger partial charge in [0, 0.05) is 19.6 Å². The zero-order valence-corrected chi connectivity index (χ0v) is 15.0. The van der Waals surface area contributed by atoms with E-state index >= 15 is 0 Å². The maximum absolute atomic E-state index is 11.4. The number of rotatable bonds is 8. The summed E-state index contributed by atoms with van der Waals surface area (Å²) >= 11 is 0. The van der Waals surface area contributed by atoms with Crippen molar-refractivity contribution in [2.45, 2.75) is 32.1 Å². The van der Waals surface area contributed by atoms with Gasteiger partial charge in [-0.1, -0.05) is 18.9 Å². The van der Waals surface area contributed by atoms with Crippen LogP contribution >= 0.6 is 0 Å². The van der Waals surface area contributed by atoms with Crippen molar-refractivity contribution in [2.24, 2.45) is 5.92 Å². The molecular weight excluding hydrogens is 318 g/mol. The Morgan fingerprint density at radius 1 is 1.32 bits per heavy atom. The third-order valence-corrected chi connectivity index (χ3v) is 5.12. The second kappa shape index (κ2) is 8.54. The highest BCUT2D eigenvalue weighted by Gasteiger charge is 2.22. The molecule has 3 rings (SSSR count). The summed E-state index contributed by atoms with van der Waals surface area (Å²) in [5, 5.41) is 16.0. The van der Waals surface area contributed by atoms with Gasteiger partial charge in [-0.05, 0) is 50.4 Å². The average molecular weight is 347 g/mol. The van der Waals surface area contributed by atoms with Crippen molar-refractivity contribution < 1.29 is 14.6 Å². The summed E-state index contributed by atoms with van der Waals surface area (Å²) in [5.41, 5.74) is 1.39. The van der Waals surface area contributed by atoms with Crippen LogP contribution in [0, 0.1) is 5.92 Å². The van der Waals surface area contributed by atoms with Crippen LogP contribution in [0.2, 0.25) is 0 Å². The maximum atomic E-state index is 11.4. The normalized spacial score (nSPS) is 17.4. The summed E-state index contributed by atoms with van der Waals surface area (Å²) in [7, 11) is 2.20. The number of benzene rings is 1. The van der Waals surface area contributed by atoms with Crippen LogP contribution in [-0.2, 0) is 11.2 Å². The Labute approximate surface area is 149 Å². The lowest BCUT2D eigenvalue weighted by Crippen LogP contribution is -2.33. The van der Waals surface area contributed by atoms with Gasteiger partial charge in [0.1, 0.15) is 11.4 Å². The molecule has 0 radical (unpaired) electrons. The van der Waals surface area contributed by atoms with E-state index in [1.165, 1.54) is 32.2 Å². The number of carbonyl (C=O) groups is 1. The highest BCUT2D eigenvalue weighted by Crippen LogP contribution is 2.39. The third-order valence-electron chi connectivity index (χ3n) is 5.12. The first-order chi connectivity index (χ1) is 12.1. The maximum Gasteiger partial charge on any atom is 0.262 e. The van der Waals surface area contributed by atoms with Gasteiger partial charge in [-0.3, -0.25) is 4.79 Å². The monoisotopic (exact) mass is 347 g/mol. The van der Waals surface area contributed by atoms with Crippen molar-refractivity contribution in [3.63, 3.8) is 0 Å². The summed E-state index contributed by atoms with van der Waals surface area (Å²) < 4.78 is 5.51. The Balaban J connectivity index is 1.40. The lowest BCUT2D eigenvalue weighted by atomic mass is 10.1. The van der Waals surface area contributed by atoms with Crippen LogP contribution in [0.4, 0.5) is 5.69 Å². The molecule has 1 amide bonds. The number of likely N-dealkylation sites (N-methyl/N-ethyl adjacent to an activating group) is 1. The number of anilines is 1. The highest BCUT2D eigenvalue weighted by atomic mass is 16.5. The minimum atomic E-state index is -0.233. The summed E-state index contributed by atoms with van der Waals surface area (Å²) in [6.07, 6.45) is 6.37. The first-order valence-corrected chi connectivity index (χ1v) is 9.30. The standard InChI is InChI=1S/C19H29N3O3/c1-22(12-14-4-2-3-5-14)11-10-20-9-8-15-6-7-16(23)18-19(15)25-13-17(24)21-18/h6-7,14,20,23H,2-5,8-13H2,1H3,(H,21,24). The average Bonchev–Trinajstić information content (AvgIpc) is 3.09. The fourth-order valence-corrected chi connectivity index (χ4v) is 3.75. The molecule has 3 N–H and O–H groups in total. The van der Waals surface area contributed by atoms with E-state index in [1.54, 1.807) is 6.07 Å². The Bertz CT molecular complexity index is 600. The molecule has 0 atom stereocenters. The number of hydrogen-bond acceptors (Lipinski definition) is 5. The molecule has 6 nitrogen and oxygen atoms in total. The Morgan fingerprint density at radius 2 is 2.12 bits per heavy atom. The predicted octanol–water partition coefficient (Wildman–Crippen LogP) is 1.98. The van der Waals surface area contributed by atoms with Gasteiger partial charge in [0.15, 0.2) is 12.4 Å². The van der Waals surface area contributed by atoms with Crippen molar-refractivity contribution in [3.05, 3.63) is 17.7 Å². The van der Waals surface area contributed by atoms with E-state index < -0.39 is 0 Å². The number of phenolic OH excluding ortho intramolecular Hbond substituents is 1. The van der Waals surface area contributed by atoms with Gasteiger partial charge in [0.05, 0.1) is 0 Å². The van der Waals surface area contributed by atoms with Crippen LogP contribution in [-0.4, -0.2) is 55.7 Å². The third kappa shape index (κ3) is 4.86. The van der Waals surface area contributed by atoms with Gasteiger partial charge >= 0.3 is 0 Å². The van der Waals surface area contributed by atoms with Crippen LogP contribution < -0.4 is 15.4 Å². The van der Waals surface area contributed by atoms with E-state index in [1.807, 2.05) is 6.07 Å². The zero-order chi connectivity index (χ0) is 17.6. The fourth-order valence-electron chi connectivity index (χ4n) is 3.75. The topological polar surface area (TPSA) is 73.8 Å². The SMILES string of the molecule is CN(CCNCCc1ccc(O)c2c1OCC(=O)N2)CC1CCCC1. The highest BCUT2D eigenvalue weighted by molar-refractivity contribution is 5.97. The minimum absolute atomic E-state index is 0.00282. The van der Waals surface area contributed by atoms with Crippen LogP contribution in [0.5, 0.6) is 11.5 Å². The van der Waals surface area contributed by atoms with Gasteiger partial charge in [-0.15, -0.1) is 0 Å². The number of ether oxygens (including phenoxy) is 1. The van der Waals surface area contributed by atoms with Crippen LogP contribution in [0.25, 0.3) is 0 Å². The second-order valence-electron chi connectivity index (χ2n) is 7.20. The number of hydrogen-bond donors (Lipinski definition) is 3. The molecule has 1 aliphatic heterocycles. The van der Waals surface area contributed by atoms with Gasteiger partial charge in [-0.25, -0.2) is 0 Å². The second-order valence-corrected chi connectivity index (χ2v) is 7.20. The number of amides is 1. The minimum Gasteiger partial charge on any atom is -0.506 e. The van der Waals surface area contributed by atoms with Gasteiger partial charge < -0.3 is 25.4 Å². The largest absolute Gasteiger partial charge is 0.506 e. The zero-order valence-electron chi connectivity index (χ0n) is 15.0. The summed E-state index contributed by atoms with van der Waals surface area (Å²) in [5.74, 6) is 1.30. The Kier molecular flexibility index (Phi) is 6.15. The Morgan fingerprint density at radius 3 is 2.92 bits per heavy atom. The van der Waals surface area contributed by atoms with Gasteiger partial charge in [0.25, 0.3) is 5.91 Å². The molecule has 0 spiro atoms. The number of phenols is 1. The summed E-state index contributed by atoms with van der Waals surface area (Å²) in [4.78, 5) is 13.8. The molecule has 0 bridgehead atoms. The lowest BCUT2D eigenvalue weighted by molar-refractivity contribution is -0.118. The summed E-state index contributed by atoms with van der Waals surface area (Å²) in [6, 6.07) is 3.47. The molecule has 1 aliphatic carbocycles. The number of carbonyl (C=O) groups excluding carboxylic acids is 1. The molecule has 1 aromatic carbocycles. The number of aromatic hydroxyl groups is 1. The number of nitrogens with zero attached hydrogens (tertiary/aromatic N) is 1. The molecule has 2 aliphatic rings. The van der Waals surface area contributed by atoms with Crippen molar-refractivity contribution in [1.29, 1.82) is 0 Å². The van der Waals surface area contributed by atoms with Crippen molar-refractivity contribution in [2.75, 3.05) is 45.2 Å². The molecule has 1 aromatic rings. The van der Waals surface area contributed by atoms with Crippen molar-refractivity contribution in [3.8, 4) is 11.5 Å². The lowest BCUT2D eigenvalue weighted by Gasteiger charge is -2.22. The van der Waals surface area contributed by atoms with E-state index in [-0.39, 0.29) is 18.3 Å². The smallest absolute Gasteiger partial charge is 0.262 e. The molecule has 6 heteroatoms. The van der Waals surface area contributed by atoms with Crippen LogP contribution in [0.1, 0.15) is 31.2 Å². The van der Waals surface area contributed by atoms with Crippen molar-refractivity contribution >= 4 is 11.6 Å². The molecular formula is C19H29N3O3. The molecule has 138 valence electrons. The molecule has 0 saturated heterocycles. The van der Waals surface area contributed by atoms with E-state index in [2.05, 4.69) is 22.6 Å². The van der Waals surface area contributed by atoms with E-state index in [9.17, 15) is 9.90 Å².